The van der Waals surface area contributed by atoms with E-state index in [0.717, 1.165) is 0 Å². The molecule has 0 aromatic heterocycles. The molecule has 19 heavy (non-hydrogen) atoms. The van der Waals surface area contributed by atoms with E-state index in [1.54, 1.807) is 37.4 Å². The van der Waals surface area contributed by atoms with Gasteiger partial charge in [-0.25, -0.2) is 22.0 Å². The van der Waals surface area contributed by atoms with Gasteiger partial charge < -0.3 is 0 Å². The van der Waals surface area contributed by atoms with Crippen LogP contribution in [0.15, 0.2) is 24.3 Å². The molecule has 6 heteroatoms. The average Bonchev–Trinajstić information content (AvgIpc) is 2.88. The van der Waals surface area contributed by atoms with E-state index in [2.05, 4.69) is 0 Å². The predicted octanol–water partition coefficient (Wildman–Crippen LogP) is 3.79. The summed E-state index contributed by atoms with van der Waals surface area (Å²) in [6.45, 7) is 3.16. The highest BCUT2D eigenvalue weighted by atomic mass is 28.3. The summed E-state index contributed by atoms with van der Waals surface area (Å²) in [6, 6.07) is 0. The van der Waals surface area contributed by atoms with Crippen LogP contribution >= 0.6 is 0 Å². The lowest BCUT2D eigenvalue weighted by molar-refractivity contribution is 0.383. The van der Waals surface area contributed by atoms with Crippen LogP contribution in [0.2, 0.25) is 18.6 Å². The Morgan fingerprint density at radius 2 is 1.11 bits per heavy atom. The maximum absolute atomic E-state index is 13.8. The van der Waals surface area contributed by atoms with Gasteiger partial charge in [-0.3, -0.25) is 0 Å². The van der Waals surface area contributed by atoms with Crippen LogP contribution < -0.4 is 5.19 Å². The van der Waals surface area contributed by atoms with Gasteiger partial charge in [0.1, 0.15) is 0 Å². The summed E-state index contributed by atoms with van der Waals surface area (Å²) in [5.74, 6) is -9.27. The fraction of sp³-hybridized carbons (Fsp3) is 0.231. The zero-order chi connectivity index (χ0) is 14.4. The summed E-state index contributed by atoms with van der Waals surface area (Å²) < 4.78 is 67.1. The molecule has 0 amide bonds. The summed E-state index contributed by atoms with van der Waals surface area (Å²) in [5.41, 5.74) is -0.291. The van der Waals surface area contributed by atoms with Gasteiger partial charge in [-0.2, -0.15) is 0 Å². The number of allylic oxidation sites excluding steroid dienone is 4. The molecule has 0 bridgehead atoms. The number of halogens is 5. The lowest BCUT2D eigenvalue weighted by Gasteiger charge is -2.28. The molecule has 0 radical (unpaired) electrons. The first kappa shape index (κ1) is 14.0. The van der Waals surface area contributed by atoms with Crippen LogP contribution in [0, 0.1) is 29.1 Å². The standard InChI is InChI=1S/C13H11F5Si/c1-19(2,7-5-3-4-6-7)13-11(17)9(15)8(14)10(16)12(13)18/h3-7H,1-2H3. The van der Waals surface area contributed by atoms with Crippen LogP contribution in [-0.4, -0.2) is 8.07 Å². The molecule has 2 rings (SSSR count). The first-order valence-electron chi connectivity index (χ1n) is 5.65. The summed E-state index contributed by atoms with van der Waals surface area (Å²) in [4.78, 5) is 0. The van der Waals surface area contributed by atoms with Gasteiger partial charge in [-0.15, -0.1) is 0 Å². The Hall–Kier alpha value is -1.43. The highest BCUT2D eigenvalue weighted by Crippen LogP contribution is 2.31. The van der Waals surface area contributed by atoms with Crippen LogP contribution in [0.1, 0.15) is 0 Å². The SMILES string of the molecule is C[Si](C)(c1c(F)c(F)c(F)c(F)c1F)C1C=CC=C1. The fourth-order valence-corrected chi connectivity index (χ4v) is 5.12. The molecule has 0 heterocycles. The average molecular weight is 290 g/mol. The molecule has 102 valence electrons. The second-order valence-corrected chi connectivity index (χ2v) is 9.57. The molecular formula is C13H11F5Si. The zero-order valence-electron chi connectivity index (χ0n) is 10.3. The highest BCUT2D eigenvalue weighted by molar-refractivity contribution is 6.91. The molecule has 0 atom stereocenters. The molecule has 0 saturated carbocycles. The molecule has 0 spiro atoms. The van der Waals surface area contributed by atoms with E-state index in [1.807, 2.05) is 0 Å². The Labute approximate surface area is 108 Å². The van der Waals surface area contributed by atoms with Crippen molar-refractivity contribution in [2.45, 2.75) is 18.6 Å². The van der Waals surface area contributed by atoms with Crippen molar-refractivity contribution in [3.8, 4) is 0 Å². The van der Waals surface area contributed by atoms with Gasteiger partial charge in [0, 0.05) is 5.19 Å². The van der Waals surface area contributed by atoms with Gasteiger partial charge in [0.25, 0.3) is 0 Å². The predicted molar refractivity (Wildman–Crippen MR) is 65.4 cm³/mol. The summed E-state index contributed by atoms with van der Waals surface area (Å²) in [7, 11) is -2.89. The second-order valence-electron chi connectivity index (χ2n) is 4.96. The van der Waals surface area contributed by atoms with Gasteiger partial charge in [0.2, 0.25) is 5.82 Å². The van der Waals surface area contributed by atoms with E-state index < -0.39 is 42.3 Å². The minimum Gasteiger partial charge on any atom is -0.204 e. The summed E-state index contributed by atoms with van der Waals surface area (Å²) in [6.07, 6.45) is 6.82. The second kappa shape index (κ2) is 4.59. The highest BCUT2D eigenvalue weighted by Gasteiger charge is 2.40. The van der Waals surface area contributed by atoms with Gasteiger partial charge in [0.05, 0.1) is 8.07 Å². The van der Waals surface area contributed by atoms with Crippen molar-refractivity contribution in [1.29, 1.82) is 0 Å². The van der Waals surface area contributed by atoms with Crippen LogP contribution in [-0.2, 0) is 0 Å². The third-order valence-electron chi connectivity index (χ3n) is 3.44. The lowest BCUT2D eigenvalue weighted by atomic mass is 10.3. The summed E-state index contributed by atoms with van der Waals surface area (Å²) >= 11 is 0. The number of rotatable bonds is 2. The molecule has 0 fully saturated rings. The minimum atomic E-state index is -2.89. The molecule has 0 unspecified atom stereocenters. The molecule has 0 nitrogen and oxygen atoms in total. The number of hydrogen-bond acceptors (Lipinski definition) is 0. The maximum atomic E-state index is 13.8. The molecule has 0 aliphatic heterocycles. The van der Waals surface area contributed by atoms with Crippen molar-refractivity contribution >= 4 is 13.3 Å². The molecule has 0 N–H and O–H groups in total. The van der Waals surface area contributed by atoms with Crippen molar-refractivity contribution in [2.75, 3.05) is 0 Å². The third-order valence-corrected chi connectivity index (χ3v) is 7.21. The summed E-state index contributed by atoms with van der Waals surface area (Å²) in [5, 5.41) is -0.648. The Balaban J connectivity index is 2.69. The Bertz CT molecular complexity index is 548. The van der Waals surface area contributed by atoms with E-state index in [0.29, 0.717) is 0 Å². The fourth-order valence-electron chi connectivity index (χ4n) is 2.25. The monoisotopic (exact) mass is 290 g/mol. The van der Waals surface area contributed by atoms with E-state index in [9.17, 15) is 22.0 Å². The third kappa shape index (κ3) is 2.03. The van der Waals surface area contributed by atoms with E-state index in [4.69, 9.17) is 0 Å². The molecule has 1 aromatic carbocycles. The molecule has 1 aliphatic rings. The minimum absolute atomic E-state index is 0.291. The van der Waals surface area contributed by atoms with Crippen LogP contribution in [0.4, 0.5) is 22.0 Å². The van der Waals surface area contributed by atoms with Crippen LogP contribution in [0.5, 0.6) is 0 Å². The van der Waals surface area contributed by atoms with Crippen molar-refractivity contribution in [3.63, 3.8) is 0 Å². The van der Waals surface area contributed by atoms with E-state index in [1.165, 1.54) is 0 Å². The first-order chi connectivity index (χ1) is 8.78. The number of hydrogen-bond donors (Lipinski definition) is 0. The van der Waals surface area contributed by atoms with Crippen LogP contribution in [0.25, 0.3) is 0 Å². The van der Waals surface area contributed by atoms with E-state index >= 15 is 0 Å². The van der Waals surface area contributed by atoms with Crippen molar-refractivity contribution in [1.82, 2.24) is 0 Å². The Morgan fingerprint density at radius 3 is 1.53 bits per heavy atom. The Morgan fingerprint density at radius 1 is 0.737 bits per heavy atom. The smallest absolute Gasteiger partial charge is 0.200 e. The van der Waals surface area contributed by atoms with Gasteiger partial charge >= 0.3 is 0 Å². The molecule has 0 saturated heterocycles. The first-order valence-corrected chi connectivity index (χ1v) is 8.73. The lowest BCUT2D eigenvalue weighted by Crippen LogP contribution is -2.49. The molecule has 1 aliphatic carbocycles. The Kier molecular flexibility index (Phi) is 3.38. The van der Waals surface area contributed by atoms with Crippen molar-refractivity contribution in [2.24, 2.45) is 0 Å². The van der Waals surface area contributed by atoms with Crippen molar-refractivity contribution in [3.05, 3.63) is 53.4 Å². The molecular weight excluding hydrogens is 279 g/mol. The topological polar surface area (TPSA) is 0 Å². The number of benzene rings is 1. The largest absolute Gasteiger partial charge is 0.204 e. The zero-order valence-corrected chi connectivity index (χ0v) is 11.3. The molecule has 1 aromatic rings. The van der Waals surface area contributed by atoms with Gasteiger partial charge in [0.15, 0.2) is 23.3 Å². The normalized spacial score (nSPS) is 15.5. The maximum Gasteiger partial charge on any atom is 0.200 e. The van der Waals surface area contributed by atoms with Crippen LogP contribution in [0.3, 0.4) is 0 Å². The van der Waals surface area contributed by atoms with Gasteiger partial charge in [-0.05, 0) is 5.54 Å². The van der Waals surface area contributed by atoms with Crippen molar-refractivity contribution < 1.29 is 22.0 Å². The van der Waals surface area contributed by atoms with E-state index in [-0.39, 0.29) is 5.54 Å². The van der Waals surface area contributed by atoms with Gasteiger partial charge in [-0.1, -0.05) is 37.4 Å². The quantitative estimate of drug-likeness (QED) is 0.336.